The molecule has 0 spiro atoms. The van der Waals surface area contributed by atoms with Gasteiger partial charge in [-0.25, -0.2) is 0 Å². The van der Waals surface area contributed by atoms with E-state index in [1.54, 1.807) is 0 Å². The molecule has 2 saturated heterocycles. The Morgan fingerprint density at radius 3 is 3.06 bits per heavy atom. The third kappa shape index (κ3) is 4.27. The molecule has 6 nitrogen and oxygen atoms in total. The van der Waals surface area contributed by atoms with Crippen molar-refractivity contribution in [2.45, 2.75) is 25.3 Å². The predicted octanol–water partition coefficient (Wildman–Crippen LogP) is -1.32. The summed E-state index contributed by atoms with van der Waals surface area (Å²) < 4.78 is 0. The summed E-state index contributed by atoms with van der Waals surface area (Å²) in [4.78, 5) is 25.1. The molecule has 2 heterocycles. The van der Waals surface area contributed by atoms with E-state index in [0.717, 1.165) is 39.0 Å². The molecule has 3 N–H and O–H groups in total. The van der Waals surface area contributed by atoms with Crippen LogP contribution in [-0.4, -0.2) is 62.0 Å². The van der Waals surface area contributed by atoms with Crippen molar-refractivity contribution in [3.05, 3.63) is 0 Å². The second-order valence-electron chi connectivity index (χ2n) is 4.99. The number of hydrogen-bond donors (Lipinski definition) is 3. The van der Waals surface area contributed by atoms with Gasteiger partial charge in [-0.3, -0.25) is 14.5 Å². The minimum Gasteiger partial charge on any atom is -0.354 e. The fourth-order valence-electron chi connectivity index (χ4n) is 2.39. The van der Waals surface area contributed by atoms with E-state index in [4.69, 9.17) is 0 Å². The smallest absolute Gasteiger partial charge is 0.234 e. The van der Waals surface area contributed by atoms with E-state index in [1.807, 2.05) is 0 Å². The second-order valence-corrected chi connectivity index (χ2v) is 4.99. The minimum absolute atomic E-state index is 0.0676. The van der Waals surface area contributed by atoms with Gasteiger partial charge in [-0.1, -0.05) is 0 Å². The first-order chi connectivity index (χ1) is 8.74. The molecule has 1 atom stereocenters. The van der Waals surface area contributed by atoms with Crippen LogP contribution in [0.5, 0.6) is 0 Å². The molecule has 0 aromatic carbocycles. The van der Waals surface area contributed by atoms with Crippen molar-refractivity contribution in [2.24, 2.45) is 0 Å². The van der Waals surface area contributed by atoms with Gasteiger partial charge in [0.2, 0.25) is 11.8 Å². The first-order valence-electron chi connectivity index (χ1n) is 6.73. The summed E-state index contributed by atoms with van der Waals surface area (Å²) >= 11 is 0. The molecule has 2 rings (SSSR count). The van der Waals surface area contributed by atoms with E-state index in [2.05, 4.69) is 20.9 Å². The molecule has 102 valence electrons. The third-order valence-corrected chi connectivity index (χ3v) is 3.43. The van der Waals surface area contributed by atoms with Crippen molar-refractivity contribution in [2.75, 3.05) is 39.3 Å². The Morgan fingerprint density at radius 1 is 1.39 bits per heavy atom. The van der Waals surface area contributed by atoms with E-state index in [1.165, 1.54) is 0 Å². The summed E-state index contributed by atoms with van der Waals surface area (Å²) in [6.45, 7) is 4.91. The lowest BCUT2D eigenvalue weighted by Gasteiger charge is -2.25. The molecular formula is C12H22N4O2. The summed E-state index contributed by atoms with van der Waals surface area (Å²) in [5.41, 5.74) is 0. The van der Waals surface area contributed by atoms with Gasteiger partial charge in [0.1, 0.15) is 0 Å². The third-order valence-electron chi connectivity index (χ3n) is 3.43. The molecule has 0 aliphatic carbocycles. The van der Waals surface area contributed by atoms with Gasteiger partial charge in [0.05, 0.1) is 6.54 Å². The van der Waals surface area contributed by atoms with Gasteiger partial charge in [-0.05, 0) is 25.9 Å². The highest BCUT2D eigenvalue weighted by atomic mass is 16.2. The van der Waals surface area contributed by atoms with E-state index in [9.17, 15) is 9.59 Å². The van der Waals surface area contributed by atoms with Crippen molar-refractivity contribution in [1.29, 1.82) is 0 Å². The van der Waals surface area contributed by atoms with Crippen molar-refractivity contribution < 1.29 is 9.59 Å². The molecule has 1 unspecified atom stereocenters. The molecule has 2 aliphatic rings. The molecule has 0 aromatic heterocycles. The first-order valence-corrected chi connectivity index (χ1v) is 6.73. The zero-order chi connectivity index (χ0) is 12.8. The Balaban J connectivity index is 1.69. The minimum atomic E-state index is 0.0676. The van der Waals surface area contributed by atoms with E-state index in [0.29, 0.717) is 19.5 Å². The van der Waals surface area contributed by atoms with Gasteiger partial charge in [-0.2, -0.15) is 0 Å². The molecule has 0 aromatic rings. The summed E-state index contributed by atoms with van der Waals surface area (Å²) in [5.74, 6) is 0.150. The molecule has 6 heteroatoms. The lowest BCUT2D eigenvalue weighted by molar-refractivity contribution is -0.126. The maximum absolute atomic E-state index is 11.9. The number of piperidine rings is 1. The number of nitrogens with zero attached hydrogens (tertiary/aromatic N) is 1. The van der Waals surface area contributed by atoms with Gasteiger partial charge in [0.25, 0.3) is 0 Å². The van der Waals surface area contributed by atoms with Crippen molar-refractivity contribution >= 4 is 11.8 Å². The van der Waals surface area contributed by atoms with Crippen LogP contribution < -0.4 is 16.0 Å². The fourth-order valence-corrected chi connectivity index (χ4v) is 2.39. The Kier molecular flexibility index (Phi) is 4.95. The largest absolute Gasteiger partial charge is 0.354 e. The van der Waals surface area contributed by atoms with Crippen LogP contribution in [0, 0.1) is 0 Å². The SMILES string of the molecule is O=C1CCC(NC(=O)CN2CCCNCC2)CN1. The van der Waals surface area contributed by atoms with Crippen LogP contribution in [0.3, 0.4) is 0 Å². The second kappa shape index (κ2) is 6.70. The maximum atomic E-state index is 11.9. The fraction of sp³-hybridized carbons (Fsp3) is 0.833. The van der Waals surface area contributed by atoms with Crippen LogP contribution in [0.4, 0.5) is 0 Å². The van der Waals surface area contributed by atoms with Gasteiger partial charge in [0.15, 0.2) is 0 Å². The molecular weight excluding hydrogens is 232 g/mol. The molecule has 2 fully saturated rings. The van der Waals surface area contributed by atoms with Crippen LogP contribution in [0.15, 0.2) is 0 Å². The topological polar surface area (TPSA) is 73.5 Å². The van der Waals surface area contributed by atoms with Crippen LogP contribution in [0.1, 0.15) is 19.3 Å². The summed E-state index contributed by atoms with van der Waals surface area (Å²) in [6.07, 6.45) is 2.35. The number of carbonyl (C=O) groups excluding carboxylic acids is 2. The highest BCUT2D eigenvalue weighted by Crippen LogP contribution is 2.03. The molecule has 2 amide bonds. The van der Waals surface area contributed by atoms with E-state index in [-0.39, 0.29) is 17.9 Å². The Morgan fingerprint density at radius 2 is 2.28 bits per heavy atom. The molecule has 0 radical (unpaired) electrons. The maximum Gasteiger partial charge on any atom is 0.234 e. The zero-order valence-electron chi connectivity index (χ0n) is 10.7. The Labute approximate surface area is 107 Å². The van der Waals surface area contributed by atoms with Crippen LogP contribution in [-0.2, 0) is 9.59 Å². The van der Waals surface area contributed by atoms with Crippen LogP contribution in [0.25, 0.3) is 0 Å². The molecule has 18 heavy (non-hydrogen) atoms. The molecule has 2 aliphatic heterocycles. The number of amides is 2. The Hall–Kier alpha value is -1.14. The van der Waals surface area contributed by atoms with Crippen molar-refractivity contribution in [3.63, 3.8) is 0 Å². The van der Waals surface area contributed by atoms with E-state index >= 15 is 0 Å². The summed E-state index contributed by atoms with van der Waals surface area (Å²) in [7, 11) is 0. The molecule has 0 bridgehead atoms. The quantitative estimate of drug-likeness (QED) is 0.584. The average Bonchev–Trinajstić information content (AvgIpc) is 2.61. The molecule has 0 saturated carbocycles. The van der Waals surface area contributed by atoms with E-state index < -0.39 is 0 Å². The number of hydrogen-bond acceptors (Lipinski definition) is 4. The van der Waals surface area contributed by atoms with Gasteiger partial charge < -0.3 is 16.0 Å². The predicted molar refractivity (Wildman–Crippen MR) is 68.1 cm³/mol. The lowest BCUT2D eigenvalue weighted by atomic mass is 10.1. The highest BCUT2D eigenvalue weighted by molar-refractivity contribution is 5.80. The normalized spacial score (nSPS) is 26.2. The highest BCUT2D eigenvalue weighted by Gasteiger charge is 2.20. The van der Waals surface area contributed by atoms with Gasteiger partial charge >= 0.3 is 0 Å². The number of carbonyl (C=O) groups is 2. The van der Waals surface area contributed by atoms with Gasteiger partial charge in [0, 0.05) is 32.1 Å². The monoisotopic (exact) mass is 254 g/mol. The van der Waals surface area contributed by atoms with Crippen LogP contribution in [0.2, 0.25) is 0 Å². The average molecular weight is 254 g/mol. The first kappa shape index (κ1) is 13.3. The van der Waals surface area contributed by atoms with Crippen molar-refractivity contribution in [1.82, 2.24) is 20.9 Å². The Bertz CT molecular complexity index is 290. The summed E-state index contributed by atoms with van der Waals surface area (Å²) in [6, 6.07) is 0.0975. The summed E-state index contributed by atoms with van der Waals surface area (Å²) in [5, 5.41) is 9.08. The zero-order valence-corrected chi connectivity index (χ0v) is 10.7. The van der Waals surface area contributed by atoms with Crippen molar-refractivity contribution in [3.8, 4) is 0 Å². The standard InChI is InChI=1S/C12H22N4O2/c17-11-3-2-10(8-14-11)15-12(18)9-16-6-1-4-13-5-7-16/h10,13H,1-9H2,(H,14,17)(H,15,18). The van der Waals surface area contributed by atoms with Gasteiger partial charge in [-0.15, -0.1) is 0 Å². The number of nitrogens with one attached hydrogen (secondary N) is 3. The number of rotatable bonds is 3. The lowest BCUT2D eigenvalue weighted by Crippen LogP contribution is -2.50. The van der Waals surface area contributed by atoms with Crippen LogP contribution >= 0.6 is 0 Å².